The van der Waals surface area contributed by atoms with E-state index in [0.29, 0.717) is 29.9 Å². The van der Waals surface area contributed by atoms with E-state index >= 15 is 0 Å². The first-order chi connectivity index (χ1) is 11.9. The maximum Gasteiger partial charge on any atom is 0.341 e. The summed E-state index contributed by atoms with van der Waals surface area (Å²) in [5, 5.41) is 9.32. The van der Waals surface area contributed by atoms with Gasteiger partial charge in [-0.3, -0.25) is 9.20 Å². The molecule has 140 valence electrons. The Bertz CT molecular complexity index is 955. The van der Waals surface area contributed by atoms with Gasteiger partial charge in [0, 0.05) is 19.1 Å². The molecule has 1 saturated carbocycles. The average molecular weight is 382 g/mol. The monoisotopic (exact) mass is 381 g/mol. The van der Waals surface area contributed by atoms with Crippen molar-refractivity contribution < 1.29 is 14.3 Å². The third-order valence-corrected chi connectivity index (χ3v) is 5.23. The van der Waals surface area contributed by atoms with Gasteiger partial charge in [-0.05, 0) is 49.3 Å². The Morgan fingerprint density at radius 2 is 2.04 bits per heavy atom. The molecule has 0 aromatic carbocycles. The van der Waals surface area contributed by atoms with Gasteiger partial charge < -0.3 is 15.7 Å². The van der Waals surface area contributed by atoms with Gasteiger partial charge in [0.05, 0.1) is 17.4 Å². The fourth-order valence-electron chi connectivity index (χ4n) is 3.88. The quantitative estimate of drug-likeness (QED) is 0.851. The van der Waals surface area contributed by atoms with Crippen LogP contribution < -0.4 is 16.2 Å². The molecule has 1 aliphatic heterocycles. The summed E-state index contributed by atoms with van der Waals surface area (Å²) in [5.74, 6) is -1.58. The average Bonchev–Trinajstić information content (AvgIpc) is 3.30. The van der Waals surface area contributed by atoms with Crippen molar-refractivity contribution in [3.05, 3.63) is 45.1 Å². The molecule has 6 nitrogen and oxygen atoms in total. The number of aromatic carboxylic acids is 1. The predicted molar refractivity (Wildman–Crippen MR) is 99.3 cm³/mol. The van der Waals surface area contributed by atoms with E-state index in [4.69, 9.17) is 5.73 Å². The van der Waals surface area contributed by atoms with E-state index in [1.807, 2.05) is 4.90 Å². The lowest BCUT2D eigenvalue weighted by molar-refractivity contribution is 0.0694. The zero-order valence-electron chi connectivity index (χ0n) is 14.4. The van der Waals surface area contributed by atoms with Crippen LogP contribution in [0.3, 0.4) is 0 Å². The van der Waals surface area contributed by atoms with Gasteiger partial charge >= 0.3 is 5.97 Å². The van der Waals surface area contributed by atoms with Gasteiger partial charge in [0.2, 0.25) is 0 Å². The SMILES string of the molecule is Cc1c(N2CC[C@@H](N)C2)c(F)cn2c(=O)c(C(=O)O)cc(C3CC3)c12.Cl. The summed E-state index contributed by atoms with van der Waals surface area (Å²) in [6.07, 6.45) is 3.83. The van der Waals surface area contributed by atoms with Crippen LogP contribution in [0.5, 0.6) is 0 Å². The first kappa shape index (κ1) is 18.7. The second kappa shape index (κ2) is 6.55. The zero-order valence-corrected chi connectivity index (χ0v) is 15.2. The molecule has 0 spiro atoms. The standard InChI is InChI=1S/C18H20FN3O3.ClH/c1-9-15-12(10-2-3-10)6-13(18(24)25)17(23)22(15)8-14(19)16(9)21-5-4-11(20)7-21;/h6,8,10-11H,2-5,7,20H2,1H3,(H,24,25);1H/t11-;/m1./s1. The molecule has 2 aliphatic rings. The van der Waals surface area contributed by atoms with E-state index in [-0.39, 0.29) is 29.9 Å². The molecular weight excluding hydrogens is 361 g/mol. The Labute approximate surface area is 155 Å². The van der Waals surface area contributed by atoms with Gasteiger partial charge in [-0.1, -0.05) is 0 Å². The number of anilines is 1. The Morgan fingerprint density at radius 3 is 2.58 bits per heavy atom. The number of aryl methyl sites for hydroxylation is 1. The predicted octanol–water partition coefficient (Wildman–Crippen LogP) is 2.28. The van der Waals surface area contributed by atoms with Crippen LogP contribution in [0.1, 0.15) is 46.7 Å². The minimum Gasteiger partial charge on any atom is -0.477 e. The van der Waals surface area contributed by atoms with Crippen LogP contribution in [-0.4, -0.2) is 34.6 Å². The van der Waals surface area contributed by atoms with Gasteiger partial charge in [0.15, 0.2) is 5.82 Å². The van der Waals surface area contributed by atoms with Gasteiger partial charge in [-0.2, -0.15) is 0 Å². The fourth-order valence-corrected chi connectivity index (χ4v) is 3.88. The van der Waals surface area contributed by atoms with Crippen molar-refractivity contribution in [3.8, 4) is 0 Å². The van der Waals surface area contributed by atoms with Gasteiger partial charge in [-0.15, -0.1) is 12.4 Å². The highest BCUT2D eigenvalue weighted by molar-refractivity contribution is 5.89. The lowest BCUT2D eigenvalue weighted by atomic mass is 10.0. The highest BCUT2D eigenvalue weighted by Gasteiger charge is 2.31. The summed E-state index contributed by atoms with van der Waals surface area (Å²) in [7, 11) is 0. The number of carboxylic acids is 1. The van der Waals surface area contributed by atoms with Crippen LogP contribution in [0.2, 0.25) is 0 Å². The molecule has 2 aromatic rings. The van der Waals surface area contributed by atoms with Crippen LogP contribution in [0.4, 0.5) is 10.1 Å². The summed E-state index contributed by atoms with van der Waals surface area (Å²) in [6, 6.07) is 1.48. The number of rotatable bonds is 3. The summed E-state index contributed by atoms with van der Waals surface area (Å²) >= 11 is 0. The van der Waals surface area contributed by atoms with Crippen molar-refractivity contribution in [2.24, 2.45) is 5.73 Å². The smallest absolute Gasteiger partial charge is 0.341 e. The Balaban J connectivity index is 0.00000196. The molecule has 0 bridgehead atoms. The highest BCUT2D eigenvalue weighted by Crippen LogP contribution is 2.44. The molecular formula is C18H21ClFN3O3. The molecule has 0 radical (unpaired) electrons. The van der Waals surface area contributed by atoms with E-state index < -0.39 is 17.3 Å². The number of pyridine rings is 2. The van der Waals surface area contributed by atoms with Gasteiger partial charge in [0.1, 0.15) is 5.56 Å². The lowest BCUT2D eigenvalue weighted by Gasteiger charge is -2.23. The van der Waals surface area contributed by atoms with Crippen molar-refractivity contribution >= 4 is 29.6 Å². The highest BCUT2D eigenvalue weighted by atomic mass is 35.5. The maximum absolute atomic E-state index is 14.8. The van der Waals surface area contributed by atoms with Crippen LogP contribution in [0.25, 0.3) is 5.52 Å². The molecule has 3 N–H and O–H groups in total. The second-order valence-corrected chi connectivity index (χ2v) is 7.06. The normalized spacial score (nSPS) is 19.7. The molecule has 1 atom stereocenters. The minimum atomic E-state index is -1.28. The number of nitrogens with zero attached hydrogens (tertiary/aromatic N) is 2. The third kappa shape index (κ3) is 2.85. The second-order valence-electron chi connectivity index (χ2n) is 7.06. The van der Waals surface area contributed by atoms with E-state index in [2.05, 4.69) is 0 Å². The van der Waals surface area contributed by atoms with Crippen molar-refractivity contribution in [3.63, 3.8) is 0 Å². The Morgan fingerprint density at radius 1 is 1.35 bits per heavy atom. The molecule has 26 heavy (non-hydrogen) atoms. The molecule has 1 aliphatic carbocycles. The molecule has 2 aromatic heterocycles. The molecule has 3 heterocycles. The van der Waals surface area contributed by atoms with E-state index in [1.54, 1.807) is 6.92 Å². The van der Waals surface area contributed by atoms with Crippen molar-refractivity contribution in [1.82, 2.24) is 4.40 Å². The number of hydrogen-bond donors (Lipinski definition) is 2. The van der Waals surface area contributed by atoms with Crippen LogP contribution >= 0.6 is 12.4 Å². The zero-order chi connectivity index (χ0) is 17.9. The van der Waals surface area contributed by atoms with Crippen molar-refractivity contribution in [2.45, 2.75) is 38.1 Å². The van der Waals surface area contributed by atoms with E-state index in [9.17, 15) is 19.1 Å². The lowest BCUT2D eigenvalue weighted by Crippen LogP contribution is -2.29. The Hall–Kier alpha value is -2.12. The third-order valence-electron chi connectivity index (χ3n) is 5.23. The molecule has 4 rings (SSSR count). The minimum absolute atomic E-state index is 0. The number of carboxylic acid groups (broad SMARTS) is 1. The summed E-state index contributed by atoms with van der Waals surface area (Å²) in [6.45, 7) is 3.04. The van der Waals surface area contributed by atoms with Crippen LogP contribution in [0, 0.1) is 12.7 Å². The van der Waals surface area contributed by atoms with E-state index in [0.717, 1.165) is 31.0 Å². The Kier molecular flexibility index (Phi) is 4.71. The topological polar surface area (TPSA) is 88.0 Å². The summed E-state index contributed by atoms with van der Waals surface area (Å²) in [5.41, 5.74) is 7.54. The summed E-state index contributed by atoms with van der Waals surface area (Å²) in [4.78, 5) is 25.9. The molecule has 0 amide bonds. The van der Waals surface area contributed by atoms with Crippen molar-refractivity contribution in [1.29, 1.82) is 0 Å². The number of halogens is 2. The summed E-state index contributed by atoms with van der Waals surface area (Å²) < 4.78 is 16.0. The number of aromatic nitrogens is 1. The maximum atomic E-state index is 14.8. The first-order valence-electron chi connectivity index (χ1n) is 8.50. The fraction of sp³-hybridized carbons (Fsp3) is 0.444. The molecule has 2 fully saturated rings. The number of hydrogen-bond acceptors (Lipinski definition) is 4. The van der Waals surface area contributed by atoms with Crippen LogP contribution in [0.15, 0.2) is 17.1 Å². The first-order valence-corrected chi connectivity index (χ1v) is 8.50. The van der Waals surface area contributed by atoms with Crippen LogP contribution in [-0.2, 0) is 0 Å². The molecule has 8 heteroatoms. The van der Waals surface area contributed by atoms with Gasteiger partial charge in [-0.25, -0.2) is 9.18 Å². The van der Waals surface area contributed by atoms with E-state index in [1.165, 1.54) is 10.5 Å². The number of nitrogens with two attached hydrogens (primary N) is 1. The largest absolute Gasteiger partial charge is 0.477 e. The molecule has 0 unspecified atom stereocenters. The number of carbonyl (C=O) groups is 1. The van der Waals surface area contributed by atoms with Crippen molar-refractivity contribution in [2.75, 3.05) is 18.0 Å². The molecule has 1 saturated heterocycles. The number of fused-ring (bicyclic) bond motifs is 1. The van der Waals surface area contributed by atoms with Gasteiger partial charge in [0.25, 0.3) is 5.56 Å².